The molecule has 0 aromatic rings. The lowest BCUT2D eigenvalue weighted by Gasteiger charge is -2.22. The van der Waals surface area contributed by atoms with E-state index in [1.165, 1.54) is 321 Å². The molecular formula is C72H139NO5. The van der Waals surface area contributed by atoms with Crippen LogP contribution in [-0.2, 0) is 14.3 Å². The second kappa shape index (κ2) is 67.8. The third-order valence-electron chi connectivity index (χ3n) is 16.7. The van der Waals surface area contributed by atoms with Crippen LogP contribution in [0.25, 0.3) is 0 Å². The van der Waals surface area contributed by atoms with Crippen molar-refractivity contribution in [2.24, 2.45) is 0 Å². The molecule has 0 aliphatic carbocycles. The molecule has 0 aliphatic heterocycles. The molecule has 2 unspecified atom stereocenters. The molecule has 0 heterocycles. The van der Waals surface area contributed by atoms with Crippen LogP contribution in [0.1, 0.15) is 399 Å². The average Bonchev–Trinajstić information content (AvgIpc) is 3.44. The summed E-state index contributed by atoms with van der Waals surface area (Å²) in [4.78, 5) is 24.6. The second-order valence-electron chi connectivity index (χ2n) is 24.6. The van der Waals surface area contributed by atoms with Crippen LogP contribution < -0.4 is 5.32 Å². The Balaban J connectivity index is 3.42. The Hall–Kier alpha value is -1.66. The number of carbonyl (C=O) groups is 2. The number of esters is 1. The van der Waals surface area contributed by atoms with E-state index in [2.05, 4.69) is 43.5 Å². The summed E-state index contributed by atoms with van der Waals surface area (Å²) in [5.74, 6) is -0.0391. The van der Waals surface area contributed by atoms with Crippen molar-refractivity contribution >= 4 is 11.9 Å². The number of aliphatic hydroxyl groups excluding tert-OH is 2. The Bertz CT molecular complexity index is 1220. The summed E-state index contributed by atoms with van der Waals surface area (Å²) in [7, 11) is 0. The van der Waals surface area contributed by atoms with Crippen molar-refractivity contribution < 1.29 is 24.5 Å². The number of hydrogen-bond donors (Lipinski definition) is 3. The van der Waals surface area contributed by atoms with Gasteiger partial charge in [0.15, 0.2) is 0 Å². The van der Waals surface area contributed by atoms with Gasteiger partial charge in [-0.2, -0.15) is 0 Å². The zero-order valence-corrected chi connectivity index (χ0v) is 52.9. The van der Waals surface area contributed by atoms with Crippen LogP contribution in [0, 0.1) is 0 Å². The Morgan fingerprint density at radius 1 is 0.346 bits per heavy atom. The Kier molecular flexibility index (Phi) is 66.4. The standard InChI is InChI=1S/C72H139NO5/c1-3-5-7-9-11-13-15-17-19-21-22-23-24-25-26-27-30-33-36-40-44-48-52-56-60-64-70(75)69(68-74)73-71(76)65-61-57-53-49-45-41-37-34-31-28-29-32-35-39-43-47-51-55-59-63-67-78-72(77)66-62-58-54-50-46-42-38-20-18-16-14-12-10-8-6-4-2/h20,28,31,38,69-70,74-75H,3-19,21-27,29-30,32-37,39-68H2,1-2H3,(H,73,76)/b31-28-,38-20-. The molecule has 0 fully saturated rings. The highest BCUT2D eigenvalue weighted by Gasteiger charge is 2.20. The number of rotatable bonds is 67. The highest BCUT2D eigenvalue weighted by Crippen LogP contribution is 2.19. The summed E-state index contributed by atoms with van der Waals surface area (Å²) in [6.45, 7) is 4.97. The molecule has 0 spiro atoms. The van der Waals surface area contributed by atoms with Crippen LogP contribution in [0.3, 0.4) is 0 Å². The van der Waals surface area contributed by atoms with Crippen LogP contribution in [0.2, 0.25) is 0 Å². The predicted molar refractivity (Wildman–Crippen MR) is 343 cm³/mol. The molecule has 0 rings (SSSR count). The number of ether oxygens (including phenoxy) is 1. The fraction of sp³-hybridized carbons (Fsp3) is 0.917. The van der Waals surface area contributed by atoms with Crippen LogP contribution in [0.4, 0.5) is 0 Å². The predicted octanol–water partition coefficient (Wildman–Crippen LogP) is 22.9. The zero-order valence-electron chi connectivity index (χ0n) is 52.9. The minimum absolute atomic E-state index is 0.0000200. The maximum atomic E-state index is 12.6. The van der Waals surface area contributed by atoms with Gasteiger partial charge in [0.25, 0.3) is 0 Å². The molecule has 462 valence electrons. The number of allylic oxidation sites excluding steroid dienone is 4. The van der Waals surface area contributed by atoms with Gasteiger partial charge in [-0.15, -0.1) is 0 Å². The van der Waals surface area contributed by atoms with Crippen LogP contribution in [0.5, 0.6) is 0 Å². The summed E-state index contributed by atoms with van der Waals surface area (Å²) >= 11 is 0. The molecule has 6 heteroatoms. The molecule has 0 bridgehead atoms. The van der Waals surface area contributed by atoms with E-state index < -0.39 is 12.1 Å². The van der Waals surface area contributed by atoms with Crippen molar-refractivity contribution in [2.45, 2.75) is 411 Å². The van der Waals surface area contributed by atoms with Gasteiger partial charge in [0.2, 0.25) is 5.91 Å². The first-order chi connectivity index (χ1) is 38.5. The van der Waals surface area contributed by atoms with E-state index in [4.69, 9.17) is 4.74 Å². The number of carbonyl (C=O) groups excluding carboxylic acids is 2. The van der Waals surface area contributed by atoms with Crippen LogP contribution in [-0.4, -0.2) is 47.4 Å². The lowest BCUT2D eigenvalue weighted by Crippen LogP contribution is -2.45. The minimum atomic E-state index is -0.672. The van der Waals surface area contributed by atoms with E-state index in [9.17, 15) is 19.8 Å². The van der Waals surface area contributed by atoms with Gasteiger partial charge >= 0.3 is 5.97 Å². The molecule has 0 radical (unpaired) electrons. The molecule has 0 saturated heterocycles. The van der Waals surface area contributed by atoms with Gasteiger partial charge in [0.1, 0.15) is 0 Å². The van der Waals surface area contributed by atoms with E-state index >= 15 is 0 Å². The first-order valence-electron chi connectivity index (χ1n) is 35.6. The lowest BCUT2D eigenvalue weighted by atomic mass is 10.0. The van der Waals surface area contributed by atoms with Crippen molar-refractivity contribution in [3.8, 4) is 0 Å². The number of hydrogen-bond acceptors (Lipinski definition) is 5. The van der Waals surface area contributed by atoms with E-state index in [1.807, 2.05) is 0 Å². The molecule has 3 N–H and O–H groups in total. The number of aliphatic hydroxyl groups is 2. The number of nitrogens with one attached hydrogen (secondary N) is 1. The highest BCUT2D eigenvalue weighted by molar-refractivity contribution is 5.76. The van der Waals surface area contributed by atoms with Gasteiger partial charge in [0, 0.05) is 12.8 Å². The number of unbranched alkanes of at least 4 members (excludes halogenated alkanes) is 52. The summed E-state index contributed by atoms with van der Waals surface area (Å²) in [5.41, 5.74) is 0. The monoisotopic (exact) mass is 1100 g/mol. The summed E-state index contributed by atoms with van der Waals surface area (Å²) in [5, 5.41) is 23.4. The highest BCUT2D eigenvalue weighted by atomic mass is 16.5. The fourth-order valence-electron chi connectivity index (χ4n) is 11.3. The fourth-order valence-corrected chi connectivity index (χ4v) is 11.3. The van der Waals surface area contributed by atoms with Crippen molar-refractivity contribution in [2.75, 3.05) is 13.2 Å². The molecule has 0 aromatic carbocycles. The Labute approximate surface area is 488 Å². The van der Waals surface area contributed by atoms with Crippen molar-refractivity contribution in [3.63, 3.8) is 0 Å². The van der Waals surface area contributed by atoms with Crippen molar-refractivity contribution in [1.29, 1.82) is 0 Å². The van der Waals surface area contributed by atoms with Crippen molar-refractivity contribution in [3.05, 3.63) is 24.3 Å². The maximum absolute atomic E-state index is 12.6. The van der Waals surface area contributed by atoms with E-state index in [0.29, 0.717) is 25.9 Å². The van der Waals surface area contributed by atoms with Gasteiger partial charge < -0.3 is 20.3 Å². The molecule has 0 aromatic heterocycles. The van der Waals surface area contributed by atoms with E-state index in [0.717, 1.165) is 44.9 Å². The minimum Gasteiger partial charge on any atom is -0.466 e. The summed E-state index contributed by atoms with van der Waals surface area (Å²) in [6, 6.07) is -0.550. The molecule has 1 amide bonds. The number of amides is 1. The third-order valence-corrected chi connectivity index (χ3v) is 16.7. The van der Waals surface area contributed by atoms with Gasteiger partial charge in [0.05, 0.1) is 25.4 Å². The Morgan fingerprint density at radius 2 is 0.603 bits per heavy atom. The quantitative estimate of drug-likeness (QED) is 0.0320. The topological polar surface area (TPSA) is 95.9 Å². The van der Waals surface area contributed by atoms with Crippen LogP contribution >= 0.6 is 0 Å². The van der Waals surface area contributed by atoms with Gasteiger partial charge in [-0.1, -0.05) is 334 Å². The van der Waals surface area contributed by atoms with E-state index in [-0.39, 0.29) is 18.5 Å². The first kappa shape index (κ1) is 76.3. The second-order valence-corrected chi connectivity index (χ2v) is 24.6. The largest absolute Gasteiger partial charge is 0.466 e. The first-order valence-corrected chi connectivity index (χ1v) is 35.6. The summed E-state index contributed by atoms with van der Waals surface area (Å²) in [6.07, 6.45) is 85.0. The summed E-state index contributed by atoms with van der Waals surface area (Å²) < 4.78 is 5.49. The average molecular weight is 1100 g/mol. The third kappa shape index (κ3) is 63.5. The van der Waals surface area contributed by atoms with E-state index in [1.54, 1.807) is 0 Å². The molecular weight excluding hydrogens is 959 g/mol. The van der Waals surface area contributed by atoms with Gasteiger partial charge in [-0.05, 0) is 77.0 Å². The smallest absolute Gasteiger partial charge is 0.305 e. The van der Waals surface area contributed by atoms with Gasteiger partial charge in [-0.3, -0.25) is 9.59 Å². The SMILES string of the molecule is CCCCCCCCC/C=C\CCCCCCCC(=O)OCCCCCCCCCCC/C=C\CCCCCCCCCC(=O)NC(CO)C(O)CCCCCCCCCCCCCCCCCCCCCCCCCCC. The lowest BCUT2D eigenvalue weighted by molar-refractivity contribution is -0.143. The molecule has 2 atom stereocenters. The van der Waals surface area contributed by atoms with Gasteiger partial charge in [-0.25, -0.2) is 0 Å². The molecule has 0 saturated carbocycles. The molecule has 6 nitrogen and oxygen atoms in total. The van der Waals surface area contributed by atoms with Crippen LogP contribution in [0.15, 0.2) is 24.3 Å². The maximum Gasteiger partial charge on any atom is 0.305 e. The zero-order chi connectivity index (χ0) is 56.4. The molecule has 0 aliphatic rings. The Morgan fingerprint density at radius 3 is 0.910 bits per heavy atom. The van der Waals surface area contributed by atoms with Crippen molar-refractivity contribution in [1.82, 2.24) is 5.32 Å². The molecule has 78 heavy (non-hydrogen) atoms. The normalized spacial score (nSPS) is 12.6.